The monoisotopic (exact) mass is 126 g/mol. The quantitative estimate of drug-likeness (QED) is 0.269. The summed E-state index contributed by atoms with van der Waals surface area (Å²) in [5, 5.41) is 8.95. The summed E-state index contributed by atoms with van der Waals surface area (Å²) in [6.07, 6.45) is 0. The van der Waals surface area contributed by atoms with Crippen molar-refractivity contribution in [3.05, 3.63) is 10.1 Å². The van der Waals surface area contributed by atoms with E-state index in [1.54, 1.807) is 0 Å². The van der Waals surface area contributed by atoms with E-state index >= 15 is 0 Å². The van der Waals surface area contributed by atoms with Gasteiger partial charge in [-0.1, -0.05) is 0 Å². The fourth-order valence-electron chi connectivity index (χ4n) is 0. The molecule has 0 aliphatic heterocycles. The van der Waals surface area contributed by atoms with E-state index in [0.717, 1.165) is 0 Å². The van der Waals surface area contributed by atoms with E-state index in [0.29, 0.717) is 0 Å². The third-order valence-electron chi connectivity index (χ3n) is 0.149. The molecule has 6 heavy (non-hydrogen) atoms. The number of hydrogen-bond acceptors (Lipinski definition) is 4. The molecule has 0 rings (SSSR count). The van der Waals surface area contributed by atoms with Crippen LogP contribution in [-0.4, -0.2) is 3.41 Å². The molecule has 0 aromatic heterocycles. The van der Waals surface area contributed by atoms with Gasteiger partial charge >= 0.3 is 38.2 Å². The first-order chi connectivity index (χ1) is 2.64. The molecule has 0 aromatic carbocycles. The first-order valence-electron chi connectivity index (χ1n) is 0.997. The number of nitrogens with zero attached hydrogens (tertiary/aromatic N) is 1. The molecule has 33 valence electrons. The van der Waals surface area contributed by atoms with Gasteiger partial charge in [0.2, 0.25) is 0 Å². The Hall–Kier alpha value is -0.286. The molecule has 0 amide bonds. The van der Waals surface area contributed by atoms with Crippen LogP contribution in [-0.2, 0) is 24.7 Å². The van der Waals surface area contributed by atoms with Gasteiger partial charge in [-0.25, -0.2) is 0 Å². The molecule has 0 fully saturated rings. The minimum absolute atomic E-state index is 1.28. The third-order valence-corrected chi connectivity index (χ3v) is 0.615. The first kappa shape index (κ1) is 5.71. The molecule has 0 radical (unpaired) electrons. The van der Waals surface area contributed by atoms with Crippen molar-refractivity contribution in [2.75, 3.05) is 0 Å². The van der Waals surface area contributed by atoms with E-state index in [-0.39, 0.29) is 0 Å². The summed E-state index contributed by atoms with van der Waals surface area (Å²) < 4.78 is 17.0. The van der Waals surface area contributed by atoms with Crippen LogP contribution in [0.25, 0.3) is 0 Å². The summed E-state index contributed by atoms with van der Waals surface area (Å²) in [5.74, 6) is 0. The molecule has 0 unspecified atom stereocenters. The van der Waals surface area contributed by atoms with Crippen molar-refractivity contribution < 1.29 is 28.1 Å². The maximum absolute atomic E-state index is 9.14. The molecule has 0 spiro atoms. The average Bonchev–Trinajstić information content (AvgIpc) is 1.36. The average molecular weight is 126 g/mol. The first-order valence-corrected chi connectivity index (χ1v) is 2.97. The van der Waals surface area contributed by atoms with E-state index in [1.165, 1.54) is 0 Å². The summed E-state index contributed by atoms with van der Waals surface area (Å²) in [6.45, 7) is 0. The third kappa shape index (κ3) is 1.98. The second kappa shape index (κ2) is 1.99. The summed E-state index contributed by atoms with van der Waals surface area (Å²) >= 11 is -4.24. The van der Waals surface area contributed by atoms with Crippen molar-refractivity contribution in [1.82, 2.24) is 0 Å². The minimum atomic E-state index is -4.24. The topological polar surface area (TPSA) is 77.3 Å². The van der Waals surface area contributed by atoms with Crippen LogP contribution in [0.5, 0.6) is 0 Å². The summed E-state index contributed by atoms with van der Waals surface area (Å²) in [7, 11) is 0. The van der Waals surface area contributed by atoms with Crippen molar-refractivity contribution in [3.8, 4) is 0 Å². The van der Waals surface area contributed by atoms with Crippen LogP contribution in [0.4, 0.5) is 0 Å². The van der Waals surface area contributed by atoms with E-state index in [9.17, 15) is 0 Å². The summed E-state index contributed by atoms with van der Waals surface area (Å²) in [4.78, 5) is 8.95. The molecule has 0 heterocycles. The van der Waals surface area contributed by atoms with Gasteiger partial charge in [0.1, 0.15) is 0 Å². The van der Waals surface area contributed by atoms with Gasteiger partial charge in [-0.05, 0) is 0 Å². The van der Waals surface area contributed by atoms with Crippen LogP contribution in [0.2, 0.25) is 0 Å². The van der Waals surface area contributed by atoms with Crippen LogP contribution >= 0.6 is 0 Å². The predicted molar refractivity (Wildman–Crippen MR) is 8.37 cm³/mol. The second-order valence-corrected chi connectivity index (χ2v) is 1.92. The molecular weight excluding hydrogens is 126 g/mol. The molecule has 6 heteroatoms. The molecule has 0 saturated carbocycles. The van der Waals surface area contributed by atoms with E-state index in [4.69, 9.17) is 16.8 Å². The van der Waals surface area contributed by atoms with Crippen LogP contribution < -0.4 is 0 Å². The Bertz CT molecular complexity index is 114. The van der Waals surface area contributed by atoms with Gasteiger partial charge in [-0.2, -0.15) is 0 Å². The van der Waals surface area contributed by atoms with E-state index < -0.39 is 21.5 Å². The summed E-state index contributed by atoms with van der Waals surface area (Å²) in [6, 6.07) is 0. The van der Waals surface area contributed by atoms with Crippen LogP contribution in [0.15, 0.2) is 0 Å². The Morgan fingerprint density at radius 3 is 1.67 bits per heavy atom. The van der Waals surface area contributed by atoms with Crippen molar-refractivity contribution in [1.29, 1.82) is 0 Å². The van der Waals surface area contributed by atoms with Gasteiger partial charge in [-0.3, -0.25) is 0 Å². The fourth-order valence-corrected chi connectivity index (χ4v) is 0. The standard InChI is InChI=1S/NO2.2O.Ti/c2-1-3;;;. The Labute approximate surface area is 38.9 Å². The van der Waals surface area contributed by atoms with Gasteiger partial charge in [0, 0.05) is 0 Å². The maximum atomic E-state index is 9.14. The number of nitro groups is 1. The molecule has 0 bridgehead atoms. The molecular formula is NO4Ti. The van der Waals surface area contributed by atoms with Gasteiger partial charge < -0.3 is 0 Å². The number of hydrogen-bond donors (Lipinski definition) is 0. The van der Waals surface area contributed by atoms with Crippen molar-refractivity contribution in [2.24, 2.45) is 0 Å². The van der Waals surface area contributed by atoms with Gasteiger partial charge in [0.15, 0.2) is 0 Å². The zero-order valence-corrected chi connectivity index (χ0v) is 4.14. The van der Waals surface area contributed by atoms with Crippen molar-refractivity contribution >= 4 is 0 Å². The molecule has 0 aliphatic rings. The van der Waals surface area contributed by atoms with E-state index in [2.05, 4.69) is 0 Å². The number of rotatable bonds is 1. The Morgan fingerprint density at radius 2 is 1.67 bits per heavy atom. The Morgan fingerprint density at radius 1 is 1.50 bits per heavy atom. The van der Waals surface area contributed by atoms with Crippen LogP contribution in [0.3, 0.4) is 0 Å². The second-order valence-electron chi connectivity index (χ2n) is 0.523. The zero-order chi connectivity index (χ0) is 5.15. The van der Waals surface area contributed by atoms with Crippen LogP contribution in [0.1, 0.15) is 0 Å². The molecule has 0 aliphatic carbocycles. The molecule has 0 N–H and O–H groups in total. The summed E-state index contributed by atoms with van der Waals surface area (Å²) in [5.41, 5.74) is 0. The Balaban J connectivity index is 3.94. The van der Waals surface area contributed by atoms with Gasteiger partial charge in [0.05, 0.1) is 0 Å². The fraction of sp³-hybridized carbons (Fsp3) is 0. The Kier molecular flexibility index (Phi) is 1.90. The SMILES string of the molecule is O=[N+]([O-])[Ti](=[O])=[O]. The molecule has 0 aromatic rings. The van der Waals surface area contributed by atoms with Gasteiger partial charge in [0.25, 0.3) is 0 Å². The predicted octanol–water partition coefficient (Wildman–Crippen LogP) is -0.513. The van der Waals surface area contributed by atoms with Crippen molar-refractivity contribution in [3.63, 3.8) is 0 Å². The zero-order valence-electron chi connectivity index (χ0n) is 2.58. The molecule has 0 saturated heterocycles. The van der Waals surface area contributed by atoms with Gasteiger partial charge in [-0.15, -0.1) is 0 Å². The molecule has 0 atom stereocenters. The van der Waals surface area contributed by atoms with E-state index in [1.807, 2.05) is 0 Å². The normalized spacial score (nSPS) is 7.33. The molecule has 5 nitrogen and oxygen atoms in total. The van der Waals surface area contributed by atoms with Crippen molar-refractivity contribution in [2.45, 2.75) is 0 Å². The van der Waals surface area contributed by atoms with Crippen LogP contribution in [0, 0.1) is 10.1 Å².